The van der Waals surface area contributed by atoms with E-state index in [2.05, 4.69) is 9.97 Å². The zero-order valence-electron chi connectivity index (χ0n) is 15.8. The molecule has 3 atom stereocenters. The second kappa shape index (κ2) is 6.74. The van der Waals surface area contributed by atoms with E-state index in [0.717, 1.165) is 42.3 Å². The molecule has 1 aromatic heterocycles. The van der Waals surface area contributed by atoms with Crippen LogP contribution in [0.5, 0.6) is 0 Å². The van der Waals surface area contributed by atoms with Crippen molar-refractivity contribution in [3.63, 3.8) is 0 Å². The highest BCUT2D eigenvalue weighted by atomic mass is 16.3. The maximum absolute atomic E-state index is 13.4. The first-order chi connectivity index (χ1) is 13.7. The highest BCUT2D eigenvalue weighted by Gasteiger charge is 2.50. The third kappa shape index (κ3) is 2.73. The second-order valence-corrected chi connectivity index (χ2v) is 8.13. The van der Waals surface area contributed by atoms with Crippen LogP contribution in [-0.2, 0) is 5.60 Å². The van der Waals surface area contributed by atoms with E-state index in [1.54, 1.807) is 6.33 Å². The lowest BCUT2D eigenvalue weighted by Crippen LogP contribution is -2.58. The molecule has 5 heteroatoms. The normalized spacial score (nSPS) is 27.5. The molecule has 2 heterocycles. The number of aromatic amines is 1. The number of nitrogens with zero attached hydrogens (tertiary/aromatic N) is 2. The van der Waals surface area contributed by atoms with Crippen LogP contribution in [0.4, 0.5) is 0 Å². The number of likely N-dealkylation sites (tertiary alicyclic amines) is 1. The smallest absolute Gasteiger partial charge is 0.254 e. The molecule has 2 N–H and O–H groups in total. The van der Waals surface area contributed by atoms with Gasteiger partial charge in [0, 0.05) is 24.1 Å². The number of carbonyl (C=O) groups is 1. The lowest BCUT2D eigenvalue weighted by atomic mass is 9.66. The van der Waals surface area contributed by atoms with Crippen LogP contribution in [0, 0.1) is 5.92 Å². The highest BCUT2D eigenvalue weighted by molar-refractivity contribution is 5.97. The Hall–Kier alpha value is -2.66. The molecule has 2 aliphatic rings. The van der Waals surface area contributed by atoms with E-state index < -0.39 is 5.60 Å². The quantitative estimate of drug-likeness (QED) is 0.715. The zero-order valence-corrected chi connectivity index (χ0v) is 15.8. The number of benzene rings is 2. The van der Waals surface area contributed by atoms with Crippen LogP contribution in [0.15, 0.2) is 54.9 Å². The lowest BCUT2D eigenvalue weighted by Gasteiger charge is -2.52. The minimum atomic E-state index is -0.852. The fourth-order valence-corrected chi connectivity index (χ4v) is 5.25. The molecule has 2 aromatic carbocycles. The molecule has 1 saturated carbocycles. The van der Waals surface area contributed by atoms with Crippen molar-refractivity contribution in [2.45, 2.75) is 43.7 Å². The number of hydrogen-bond donors (Lipinski definition) is 2. The van der Waals surface area contributed by atoms with Gasteiger partial charge in [-0.15, -0.1) is 0 Å². The number of hydrogen-bond acceptors (Lipinski definition) is 3. The maximum Gasteiger partial charge on any atom is 0.254 e. The molecule has 0 unspecified atom stereocenters. The van der Waals surface area contributed by atoms with Crippen molar-refractivity contribution < 1.29 is 9.90 Å². The summed E-state index contributed by atoms with van der Waals surface area (Å²) in [6, 6.07) is 15.7. The van der Waals surface area contributed by atoms with Gasteiger partial charge in [-0.05, 0) is 43.0 Å². The SMILES string of the molecule is O=C(c1ccc2[nH]cnc2c1)N1CC[C@](O)(c2ccccc2)[C@H]2CCCC[C@H]21. The molecule has 1 amide bonds. The van der Waals surface area contributed by atoms with Crippen molar-refractivity contribution >= 4 is 16.9 Å². The maximum atomic E-state index is 13.4. The Bertz CT molecular complexity index is 999. The predicted molar refractivity (Wildman–Crippen MR) is 108 cm³/mol. The molecule has 1 saturated heterocycles. The summed E-state index contributed by atoms with van der Waals surface area (Å²) in [5.74, 6) is 0.132. The molecule has 5 rings (SSSR count). The van der Waals surface area contributed by atoms with E-state index >= 15 is 0 Å². The predicted octanol–water partition coefficient (Wildman–Crippen LogP) is 3.86. The number of carbonyl (C=O) groups excluding carboxylic acids is 1. The number of aromatic nitrogens is 2. The zero-order chi connectivity index (χ0) is 19.1. The summed E-state index contributed by atoms with van der Waals surface area (Å²) in [5.41, 5.74) is 2.55. The molecular weight excluding hydrogens is 350 g/mol. The van der Waals surface area contributed by atoms with Crippen molar-refractivity contribution in [2.24, 2.45) is 5.92 Å². The van der Waals surface area contributed by atoms with Gasteiger partial charge in [0.1, 0.15) is 0 Å². The third-order valence-corrected chi connectivity index (χ3v) is 6.68. The van der Waals surface area contributed by atoms with E-state index in [-0.39, 0.29) is 17.9 Å². The van der Waals surface area contributed by atoms with E-state index in [1.165, 1.54) is 0 Å². The Morgan fingerprint density at radius 2 is 1.96 bits per heavy atom. The van der Waals surface area contributed by atoms with Crippen molar-refractivity contribution in [3.05, 3.63) is 66.0 Å². The summed E-state index contributed by atoms with van der Waals surface area (Å²) in [6.07, 6.45) is 6.35. The lowest BCUT2D eigenvalue weighted by molar-refractivity contribution is -0.110. The van der Waals surface area contributed by atoms with Crippen LogP contribution in [0.2, 0.25) is 0 Å². The monoisotopic (exact) mass is 375 g/mol. The van der Waals surface area contributed by atoms with Crippen LogP contribution >= 0.6 is 0 Å². The van der Waals surface area contributed by atoms with Crippen molar-refractivity contribution in [3.8, 4) is 0 Å². The summed E-state index contributed by atoms with van der Waals surface area (Å²) in [7, 11) is 0. The summed E-state index contributed by atoms with van der Waals surface area (Å²) in [4.78, 5) is 22.7. The van der Waals surface area contributed by atoms with Crippen molar-refractivity contribution in [2.75, 3.05) is 6.54 Å². The van der Waals surface area contributed by atoms with Gasteiger partial charge in [-0.2, -0.15) is 0 Å². The van der Waals surface area contributed by atoms with Crippen molar-refractivity contribution in [1.29, 1.82) is 0 Å². The van der Waals surface area contributed by atoms with E-state index in [9.17, 15) is 9.90 Å². The van der Waals surface area contributed by atoms with Gasteiger partial charge in [-0.3, -0.25) is 4.79 Å². The molecule has 0 radical (unpaired) electrons. The van der Waals surface area contributed by atoms with Gasteiger partial charge < -0.3 is 15.0 Å². The van der Waals surface area contributed by atoms with Crippen LogP contribution in [0.3, 0.4) is 0 Å². The Labute approximate surface area is 164 Å². The fraction of sp³-hybridized carbons (Fsp3) is 0.391. The first-order valence-electron chi connectivity index (χ1n) is 10.2. The molecule has 1 aliphatic heterocycles. The van der Waals surface area contributed by atoms with Crippen LogP contribution in [0.25, 0.3) is 11.0 Å². The van der Waals surface area contributed by atoms with Gasteiger partial charge >= 0.3 is 0 Å². The Balaban J connectivity index is 1.47. The summed E-state index contributed by atoms with van der Waals surface area (Å²) < 4.78 is 0. The van der Waals surface area contributed by atoms with Gasteiger partial charge in [-0.1, -0.05) is 43.2 Å². The van der Waals surface area contributed by atoms with E-state index in [1.807, 2.05) is 53.4 Å². The molecule has 144 valence electrons. The number of rotatable bonds is 2. The Kier molecular flexibility index (Phi) is 4.20. The summed E-state index contributed by atoms with van der Waals surface area (Å²) in [6.45, 7) is 0.573. The van der Waals surface area contributed by atoms with Crippen molar-refractivity contribution in [1.82, 2.24) is 14.9 Å². The molecule has 2 fully saturated rings. The van der Waals surface area contributed by atoms with Gasteiger partial charge in [0.15, 0.2) is 0 Å². The average molecular weight is 375 g/mol. The summed E-state index contributed by atoms with van der Waals surface area (Å²) in [5, 5.41) is 11.7. The number of piperidine rings is 1. The summed E-state index contributed by atoms with van der Waals surface area (Å²) >= 11 is 0. The molecule has 0 bridgehead atoms. The minimum absolute atomic E-state index is 0.0527. The van der Waals surface area contributed by atoms with Gasteiger partial charge in [-0.25, -0.2) is 4.98 Å². The topological polar surface area (TPSA) is 69.2 Å². The van der Waals surface area contributed by atoms with Crippen LogP contribution in [0.1, 0.15) is 48.0 Å². The third-order valence-electron chi connectivity index (χ3n) is 6.68. The number of H-pyrrole nitrogens is 1. The molecule has 5 nitrogen and oxygen atoms in total. The number of nitrogens with one attached hydrogen (secondary N) is 1. The number of amides is 1. The molecule has 0 spiro atoms. The van der Waals surface area contributed by atoms with E-state index in [4.69, 9.17) is 0 Å². The minimum Gasteiger partial charge on any atom is -0.385 e. The highest BCUT2D eigenvalue weighted by Crippen LogP contribution is 2.47. The average Bonchev–Trinajstić information content (AvgIpc) is 3.22. The van der Waals surface area contributed by atoms with Gasteiger partial charge in [0.05, 0.1) is 23.0 Å². The van der Waals surface area contributed by atoms with E-state index in [0.29, 0.717) is 18.5 Å². The Morgan fingerprint density at radius 1 is 1.14 bits per heavy atom. The van der Waals surface area contributed by atoms with Gasteiger partial charge in [0.2, 0.25) is 0 Å². The second-order valence-electron chi connectivity index (χ2n) is 8.13. The first kappa shape index (κ1) is 17.4. The Morgan fingerprint density at radius 3 is 2.82 bits per heavy atom. The molecule has 28 heavy (non-hydrogen) atoms. The fourth-order valence-electron chi connectivity index (χ4n) is 5.25. The number of fused-ring (bicyclic) bond motifs is 2. The molecular formula is C23H25N3O2. The van der Waals surface area contributed by atoms with Crippen LogP contribution in [-0.4, -0.2) is 38.5 Å². The first-order valence-corrected chi connectivity index (χ1v) is 10.2. The van der Waals surface area contributed by atoms with Crippen LogP contribution < -0.4 is 0 Å². The standard InChI is InChI=1S/C23H25N3O2/c27-22(16-10-11-19-20(14-16)25-15-24-19)26-13-12-23(28,17-6-2-1-3-7-17)18-8-4-5-9-21(18)26/h1-3,6-7,10-11,14-15,18,21,28H,4-5,8-9,12-13H2,(H,24,25)/t18-,21+,23-/m0/s1. The molecule has 1 aliphatic carbocycles. The van der Waals surface area contributed by atoms with Gasteiger partial charge in [0.25, 0.3) is 5.91 Å². The molecule has 3 aromatic rings. The number of imidazole rings is 1. The number of aliphatic hydroxyl groups is 1. The largest absolute Gasteiger partial charge is 0.385 e.